The van der Waals surface area contributed by atoms with Crippen molar-refractivity contribution >= 4 is 15.2 Å². The minimum atomic E-state index is -3.40. The first kappa shape index (κ1) is 37.1. The lowest BCUT2D eigenvalue weighted by Crippen LogP contribution is -2.08. The van der Waals surface area contributed by atoms with Crippen molar-refractivity contribution in [3.8, 4) is 11.5 Å². The highest BCUT2D eigenvalue weighted by Crippen LogP contribution is 2.55. The van der Waals surface area contributed by atoms with Crippen molar-refractivity contribution in [3.63, 3.8) is 0 Å². The van der Waals surface area contributed by atoms with E-state index < -0.39 is 15.2 Å². The Labute approximate surface area is 244 Å². The van der Waals surface area contributed by atoms with E-state index >= 15 is 0 Å². The van der Waals surface area contributed by atoms with Gasteiger partial charge in [-0.2, -0.15) is 0 Å². The summed E-state index contributed by atoms with van der Waals surface area (Å²) in [7, 11) is -6.81. The number of unbranched alkanes of at least 4 members (excludes halogenated alkanes) is 8. The number of hydrogen-bond donors (Lipinski definition) is 0. The first-order valence-corrected chi connectivity index (χ1v) is 18.9. The van der Waals surface area contributed by atoms with E-state index in [2.05, 4.69) is 13.8 Å². The summed E-state index contributed by atoms with van der Waals surface area (Å²) in [5.41, 5.74) is 1.37. The molecule has 10 heteroatoms. The summed E-state index contributed by atoms with van der Waals surface area (Å²) >= 11 is 0. The van der Waals surface area contributed by atoms with Crippen LogP contribution in [0.4, 0.5) is 0 Å². The molecule has 8 nitrogen and oxygen atoms in total. The van der Waals surface area contributed by atoms with Crippen molar-refractivity contribution < 1.29 is 36.7 Å². The SMILES string of the molecule is CCCCCCCOc1cc(CP(=O)(OCC)OCC)c(OCCCCCCC)cc1CP(=O)(OCC)OCC. The molecule has 1 aromatic rings. The summed E-state index contributed by atoms with van der Waals surface area (Å²) in [5, 5.41) is 0. The van der Waals surface area contributed by atoms with Crippen LogP contribution in [0, 0.1) is 0 Å². The van der Waals surface area contributed by atoms with Gasteiger partial charge in [-0.3, -0.25) is 9.13 Å². The van der Waals surface area contributed by atoms with Crippen LogP contribution in [-0.2, 0) is 39.5 Å². The second-order valence-corrected chi connectivity index (χ2v) is 13.9. The van der Waals surface area contributed by atoms with Gasteiger partial charge in [0, 0.05) is 11.1 Å². The van der Waals surface area contributed by atoms with E-state index in [1.165, 1.54) is 38.5 Å². The van der Waals surface area contributed by atoms with Crippen LogP contribution in [0.2, 0.25) is 0 Å². The fourth-order valence-corrected chi connectivity index (χ4v) is 7.81. The summed E-state index contributed by atoms with van der Waals surface area (Å²) < 4.78 is 62.0. The van der Waals surface area contributed by atoms with Gasteiger partial charge >= 0.3 is 15.2 Å². The fourth-order valence-electron chi connectivity index (χ4n) is 4.40. The molecule has 0 saturated heterocycles. The van der Waals surface area contributed by atoms with Crippen LogP contribution in [0.3, 0.4) is 0 Å². The van der Waals surface area contributed by atoms with Gasteiger partial charge in [-0.25, -0.2) is 0 Å². The summed E-state index contributed by atoms with van der Waals surface area (Å²) in [5.74, 6) is 1.14. The predicted octanol–water partition coefficient (Wildman–Crippen LogP) is 9.92. The summed E-state index contributed by atoms with van der Waals surface area (Å²) in [4.78, 5) is 0. The molecular formula is C30H56O8P2. The third-order valence-electron chi connectivity index (χ3n) is 6.29. The molecular weight excluding hydrogens is 550 g/mol. The number of benzene rings is 1. The minimum absolute atomic E-state index is 0.0571. The quantitative estimate of drug-likeness (QED) is 0.0760. The van der Waals surface area contributed by atoms with Crippen LogP contribution < -0.4 is 9.47 Å². The van der Waals surface area contributed by atoms with Crippen LogP contribution >= 0.6 is 15.2 Å². The van der Waals surface area contributed by atoms with Crippen LogP contribution in [-0.4, -0.2) is 39.6 Å². The minimum Gasteiger partial charge on any atom is -0.493 e. The molecule has 0 spiro atoms. The predicted molar refractivity (Wildman–Crippen MR) is 164 cm³/mol. The molecule has 40 heavy (non-hydrogen) atoms. The zero-order valence-electron chi connectivity index (χ0n) is 26.0. The zero-order chi connectivity index (χ0) is 29.7. The van der Waals surface area contributed by atoms with Crippen molar-refractivity contribution in [2.24, 2.45) is 0 Å². The number of hydrogen-bond acceptors (Lipinski definition) is 8. The summed E-state index contributed by atoms with van der Waals surface area (Å²) in [6.45, 7) is 13.7. The third kappa shape index (κ3) is 14.8. The average Bonchev–Trinajstić information content (AvgIpc) is 2.90. The average molecular weight is 607 g/mol. The number of ether oxygens (including phenoxy) is 2. The topological polar surface area (TPSA) is 89.5 Å². The standard InChI is InChI=1S/C30H56O8P2/c1-7-13-15-17-19-21-33-29-23-28(26-40(32,37-11-5)38-12-6)30(34-22-20-18-16-14-8-2)24-27(29)25-39(31,35-9-3)36-10-4/h23-24H,7-22,25-26H2,1-6H3. The van der Waals surface area contributed by atoms with Crippen molar-refractivity contribution in [1.29, 1.82) is 0 Å². The third-order valence-corrected chi connectivity index (χ3v) is 10.3. The molecule has 0 aromatic heterocycles. The lowest BCUT2D eigenvalue weighted by Gasteiger charge is -2.23. The largest absolute Gasteiger partial charge is 0.493 e. The van der Waals surface area contributed by atoms with Crippen molar-refractivity contribution in [2.75, 3.05) is 39.6 Å². The molecule has 0 fully saturated rings. The van der Waals surface area contributed by atoms with Crippen LogP contribution in [0.15, 0.2) is 12.1 Å². The Balaban J connectivity index is 3.40. The molecule has 0 unspecified atom stereocenters. The lowest BCUT2D eigenvalue weighted by molar-refractivity contribution is 0.216. The first-order chi connectivity index (χ1) is 19.3. The van der Waals surface area contributed by atoms with Gasteiger partial charge in [0.15, 0.2) is 0 Å². The van der Waals surface area contributed by atoms with Crippen molar-refractivity contribution in [3.05, 3.63) is 23.3 Å². The second kappa shape index (κ2) is 21.8. The van der Waals surface area contributed by atoms with Gasteiger partial charge in [-0.05, 0) is 52.7 Å². The summed E-state index contributed by atoms with van der Waals surface area (Å²) in [6, 6.07) is 3.70. The Kier molecular flexibility index (Phi) is 20.2. The van der Waals surface area contributed by atoms with Gasteiger partial charge in [-0.1, -0.05) is 65.2 Å². The Morgan fingerprint density at radius 2 is 0.825 bits per heavy atom. The van der Waals surface area contributed by atoms with Gasteiger partial charge in [-0.15, -0.1) is 0 Å². The maximum absolute atomic E-state index is 13.5. The number of rotatable bonds is 26. The van der Waals surface area contributed by atoms with E-state index in [-0.39, 0.29) is 38.8 Å². The second-order valence-electron chi connectivity index (χ2n) is 9.80. The molecule has 0 radical (unpaired) electrons. The monoisotopic (exact) mass is 606 g/mol. The van der Waals surface area contributed by atoms with E-state index in [1.807, 2.05) is 12.1 Å². The molecule has 0 bridgehead atoms. The molecule has 0 N–H and O–H groups in total. The normalized spacial score (nSPS) is 12.2. The van der Waals surface area contributed by atoms with E-state index in [0.717, 1.165) is 25.7 Å². The van der Waals surface area contributed by atoms with Crippen LogP contribution in [0.1, 0.15) is 117 Å². The molecule has 0 aliphatic heterocycles. The van der Waals surface area contributed by atoms with E-state index in [0.29, 0.717) is 35.8 Å². The Hall–Kier alpha value is -0.880. The van der Waals surface area contributed by atoms with Gasteiger partial charge in [0.25, 0.3) is 0 Å². The smallest absolute Gasteiger partial charge is 0.335 e. The summed E-state index contributed by atoms with van der Waals surface area (Å²) in [6.07, 6.45) is 11.2. The Morgan fingerprint density at radius 3 is 1.12 bits per heavy atom. The lowest BCUT2D eigenvalue weighted by atomic mass is 10.1. The molecule has 1 aromatic carbocycles. The van der Waals surface area contributed by atoms with Crippen LogP contribution in [0.5, 0.6) is 11.5 Å². The van der Waals surface area contributed by atoms with E-state index in [9.17, 15) is 9.13 Å². The first-order valence-electron chi connectivity index (χ1n) is 15.5. The van der Waals surface area contributed by atoms with Gasteiger partial charge in [0.1, 0.15) is 11.5 Å². The molecule has 0 atom stereocenters. The highest BCUT2D eigenvalue weighted by Gasteiger charge is 2.30. The fraction of sp³-hybridized carbons (Fsp3) is 0.800. The highest BCUT2D eigenvalue weighted by atomic mass is 31.2. The Bertz CT molecular complexity index is 801. The van der Waals surface area contributed by atoms with Gasteiger partial charge < -0.3 is 27.6 Å². The molecule has 0 amide bonds. The molecule has 0 aliphatic carbocycles. The van der Waals surface area contributed by atoms with E-state index in [1.54, 1.807) is 27.7 Å². The van der Waals surface area contributed by atoms with E-state index in [4.69, 9.17) is 27.6 Å². The van der Waals surface area contributed by atoms with Crippen molar-refractivity contribution in [2.45, 2.75) is 118 Å². The molecule has 0 heterocycles. The maximum Gasteiger partial charge on any atom is 0.335 e. The highest BCUT2D eigenvalue weighted by molar-refractivity contribution is 7.53. The molecule has 0 saturated carbocycles. The van der Waals surface area contributed by atoms with Crippen LogP contribution in [0.25, 0.3) is 0 Å². The van der Waals surface area contributed by atoms with Gasteiger partial charge in [0.2, 0.25) is 0 Å². The maximum atomic E-state index is 13.5. The Morgan fingerprint density at radius 1 is 0.500 bits per heavy atom. The van der Waals surface area contributed by atoms with Crippen molar-refractivity contribution in [1.82, 2.24) is 0 Å². The molecule has 234 valence electrons. The molecule has 0 aliphatic rings. The molecule has 1 rings (SSSR count). The van der Waals surface area contributed by atoms with Gasteiger partial charge in [0.05, 0.1) is 52.0 Å². The zero-order valence-corrected chi connectivity index (χ0v) is 27.8.